The molecule has 0 spiro atoms. The molecule has 0 bridgehead atoms. The zero-order valence-electron chi connectivity index (χ0n) is 17.0. The molecule has 7 nitrogen and oxygen atoms in total. The van der Waals surface area contributed by atoms with Crippen LogP contribution in [0.4, 0.5) is 5.69 Å². The van der Waals surface area contributed by atoms with Gasteiger partial charge in [-0.3, -0.25) is 4.79 Å². The Labute approximate surface area is 167 Å². The molecule has 2 aliphatic heterocycles. The zero-order valence-corrected chi connectivity index (χ0v) is 18.6. The summed E-state index contributed by atoms with van der Waals surface area (Å²) < 4.78 is 53.6. The van der Waals surface area contributed by atoms with Gasteiger partial charge in [0.25, 0.3) is 0 Å². The quantitative estimate of drug-likeness (QED) is 0.737. The molecule has 2 atom stereocenters. The van der Waals surface area contributed by atoms with Crippen LogP contribution in [0.25, 0.3) is 0 Å². The molecular formula is C19H28N2O5S2. The van der Waals surface area contributed by atoms with Crippen LogP contribution in [-0.4, -0.2) is 45.9 Å². The van der Waals surface area contributed by atoms with Gasteiger partial charge >= 0.3 is 0 Å². The Morgan fingerprint density at radius 1 is 1.11 bits per heavy atom. The van der Waals surface area contributed by atoms with Gasteiger partial charge in [0.15, 0.2) is 0 Å². The SMILES string of the molecule is Cc1cc(N2C(=O)C(C)(C)CS2(=O)=O)ccc1S(=O)(=O)N1C[C@H](C)C[C@H](C)C1. The molecule has 0 N–H and O–H groups in total. The summed E-state index contributed by atoms with van der Waals surface area (Å²) in [6.07, 6.45) is 0.995. The first kappa shape index (κ1) is 21.3. The van der Waals surface area contributed by atoms with Gasteiger partial charge in [-0.1, -0.05) is 13.8 Å². The third kappa shape index (κ3) is 3.59. The maximum absolute atomic E-state index is 13.2. The van der Waals surface area contributed by atoms with Gasteiger partial charge in [0.2, 0.25) is 26.0 Å². The number of anilines is 1. The largest absolute Gasteiger partial charge is 0.273 e. The van der Waals surface area contributed by atoms with Crippen LogP contribution in [0.3, 0.4) is 0 Å². The number of carbonyl (C=O) groups is 1. The van der Waals surface area contributed by atoms with E-state index < -0.39 is 31.4 Å². The highest BCUT2D eigenvalue weighted by Gasteiger charge is 2.50. The summed E-state index contributed by atoms with van der Waals surface area (Å²) in [7, 11) is -7.46. The fraction of sp³-hybridized carbons (Fsp3) is 0.632. The number of amides is 1. The first-order valence-corrected chi connectivity index (χ1v) is 12.5. The maximum atomic E-state index is 13.2. The van der Waals surface area contributed by atoms with Crippen molar-refractivity contribution in [3.05, 3.63) is 23.8 Å². The Kier molecular flexibility index (Phi) is 5.17. The third-order valence-corrected chi connectivity index (χ3v) is 9.44. The number of carbonyl (C=O) groups excluding carboxylic acids is 1. The molecule has 3 rings (SSSR count). The molecule has 0 saturated carbocycles. The minimum absolute atomic E-state index is 0.154. The molecule has 2 heterocycles. The summed E-state index contributed by atoms with van der Waals surface area (Å²) >= 11 is 0. The van der Waals surface area contributed by atoms with Crippen molar-refractivity contribution in [3.63, 3.8) is 0 Å². The summed E-state index contributed by atoms with van der Waals surface area (Å²) in [5, 5.41) is 0. The minimum Gasteiger partial charge on any atom is -0.273 e. The topological polar surface area (TPSA) is 91.8 Å². The van der Waals surface area contributed by atoms with Crippen LogP contribution in [0.1, 0.15) is 39.7 Å². The fourth-order valence-electron chi connectivity index (χ4n) is 4.25. The molecule has 1 aromatic rings. The Hall–Kier alpha value is -1.45. The molecule has 1 aromatic carbocycles. The van der Waals surface area contributed by atoms with Crippen molar-refractivity contribution in [2.24, 2.45) is 17.3 Å². The summed E-state index contributed by atoms with van der Waals surface area (Å²) in [5.41, 5.74) is -0.388. The molecule has 0 aromatic heterocycles. The Morgan fingerprint density at radius 3 is 2.14 bits per heavy atom. The number of rotatable bonds is 3. The molecule has 2 saturated heterocycles. The molecule has 0 aliphatic carbocycles. The number of aryl methyl sites for hydroxylation is 1. The second-order valence-electron chi connectivity index (χ2n) is 8.93. The van der Waals surface area contributed by atoms with E-state index in [4.69, 9.17) is 0 Å². The van der Waals surface area contributed by atoms with Gasteiger partial charge in [-0.05, 0) is 62.8 Å². The molecule has 0 radical (unpaired) electrons. The normalized spacial score (nSPS) is 27.9. The number of sulfonamides is 2. The molecule has 9 heteroatoms. The summed E-state index contributed by atoms with van der Waals surface area (Å²) in [6, 6.07) is 4.30. The van der Waals surface area contributed by atoms with Crippen LogP contribution < -0.4 is 4.31 Å². The van der Waals surface area contributed by atoms with Gasteiger partial charge in [0.05, 0.1) is 21.8 Å². The lowest BCUT2D eigenvalue weighted by atomic mass is 9.94. The summed E-state index contributed by atoms with van der Waals surface area (Å²) in [5.74, 6) is -0.192. The van der Waals surface area contributed by atoms with Gasteiger partial charge in [-0.2, -0.15) is 4.31 Å². The van der Waals surface area contributed by atoms with Crippen molar-refractivity contribution in [2.45, 2.75) is 45.9 Å². The molecule has 0 unspecified atom stereocenters. The predicted octanol–water partition coefficient (Wildman–Crippen LogP) is 2.36. The van der Waals surface area contributed by atoms with Gasteiger partial charge in [0.1, 0.15) is 0 Å². The average Bonchev–Trinajstić information content (AvgIpc) is 2.69. The van der Waals surface area contributed by atoms with E-state index in [2.05, 4.69) is 0 Å². The Morgan fingerprint density at radius 2 is 1.68 bits per heavy atom. The monoisotopic (exact) mass is 428 g/mol. The van der Waals surface area contributed by atoms with E-state index in [9.17, 15) is 21.6 Å². The smallest absolute Gasteiger partial charge is 0.247 e. The first-order valence-electron chi connectivity index (χ1n) is 9.44. The molecule has 28 heavy (non-hydrogen) atoms. The predicted molar refractivity (Wildman–Crippen MR) is 108 cm³/mol. The van der Waals surface area contributed by atoms with E-state index in [-0.39, 0.29) is 28.2 Å². The minimum atomic E-state index is -3.77. The highest BCUT2D eigenvalue weighted by molar-refractivity contribution is 7.94. The van der Waals surface area contributed by atoms with Crippen LogP contribution in [-0.2, 0) is 24.8 Å². The summed E-state index contributed by atoms with van der Waals surface area (Å²) in [4.78, 5) is 12.7. The van der Waals surface area contributed by atoms with Gasteiger partial charge in [-0.25, -0.2) is 21.1 Å². The molecule has 2 fully saturated rings. The van der Waals surface area contributed by atoms with Crippen LogP contribution in [0.15, 0.2) is 23.1 Å². The van der Waals surface area contributed by atoms with E-state index >= 15 is 0 Å². The van der Waals surface area contributed by atoms with Crippen molar-refractivity contribution in [1.29, 1.82) is 0 Å². The number of nitrogens with zero attached hydrogens (tertiary/aromatic N) is 2. The number of hydrogen-bond donors (Lipinski definition) is 0. The van der Waals surface area contributed by atoms with Crippen molar-refractivity contribution in [2.75, 3.05) is 23.1 Å². The lowest BCUT2D eigenvalue weighted by Crippen LogP contribution is -2.42. The van der Waals surface area contributed by atoms with Gasteiger partial charge < -0.3 is 0 Å². The highest BCUT2D eigenvalue weighted by Crippen LogP contribution is 2.37. The van der Waals surface area contributed by atoms with Crippen molar-refractivity contribution < 1.29 is 21.6 Å². The van der Waals surface area contributed by atoms with Gasteiger partial charge in [-0.15, -0.1) is 0 Å². The van der Waals surface area contributed by atoms with Crippen molar-refractivity contribution >= 4 is 31.6 Å². The van der Waals surface area contributed by atoms with Crippen LogP contribution in [0.5, 0.6) is 0 Å². The molecular weight excluding hydrogens is 400 g/mol. The Balaban J connectivity index is 1.98. The van der Waals surface area contributed by atoms with E-state index in [1.807, 2.05) is 13.8 Å². The van der Waals surface area contributed by atoms with Crippen LogP contribution >= 0.6 is 0 Å². The Bertz CT molecular complexity index is 1000. The summed E-state index contributed by atoms with van der Waals surface area (Å²) in [6.45, 7) is 9.85. The van der Waals surface area contributed by atoms with E-state index in [1.54, 1.807) is 20.8 Å². The number of benzene rings is 1. The van der Waals surface area contributed by atoms with E-state index in [0.717, 1.165) is 10.7 Å². The zero-order chi connectivity index (χ0) is 21.1. The standard InChI is InChI=1S/C19H28N2O5S2/c1-13-8-14(2)11-20(10-13)28(25,26)17-7-6-16(9-15(17)3)21-18(22)19(4,5)12-27(21,23)24/h6-7,9,13-14H,8,10-12H2,1-5H3/t13-,14+. The average molecular weight is 429 g/mol. The van der Waals surface area contributed by atoms with Crippen molar-refractivity contribution in [1.82, 2.24) is 4.31 Å². The van der Waals surface area contributed by atoms with E-state index in [1.165, 1.54) is 22.5 Å². The lowest BCUT2D eigenvalue weighted by molar-refractivity contribution is -0.123. The molecule has 2 aliphatic rings. The first-order chi connectivity index (χ1) is 12.8. The maximum Gasteiger partial charge on any atom is 0.247 e. The second-order valence-corrected chi connectivity index (χ2v) is 12.7. The van der Waals surface area contributed by atoms with Gasteiger partial charge in [0, 0.05) is 13.1 Å². The molecule has 1 amide bonds. The highest BCUT2D eigenvalue weighted by atomic mass is 32.2. The number of hydrogen-bond acceptors (Lipinski definition) is 5. The van der Waals surface area contributed by atoms with Crippen LogP contribution in [0, 0.1) is 24.2 Å². The number of piperidine rings is 1. The van der Waals surface area contributed by atoms with Crippen molar-refractivity contribution in [3.8, 4) is 0 Å². The second kappa shape index (κ2) is 6.81. The lowest BCUT2D eigenvalue weighted by Gasteiger charge is -2.34. The fourth-order valence-corrected chi connectivity index (χ4v) is 8.24. The van der Waals surface area contributed by atoms with E-state index in [0.29, 0.717) is 18.7 Å². The van der Waals surface area contributed by atoms with Crippen LogP contribution in [0.2, 0.25) is 0 Å². The third-order valence-electron chi connectivity index (χ3n) is 5.43. The molecule has 156 valence electrons.